The molecule has 0 aromatic heterocycles. The number of carboxylic acids is 1. The van der Waals surface area contributed by atoms with Gasteiger partial charge in [0.2, 0.25) is 0 Å². The van der Waals surface area contributed by atoms with Crippen LogP contribution in [-0.4, -0.2) is 62.1 Å². The summed E-state index contributed by atoms with van der Waals surface area (Å²) in [6.45, 7) is 12.7. The van der Waals surface area contributed by atoms with E-state index < -0.39 is 63.6 Å². The van der Waals surface area contributed by atoms with Gasteiger partial charge < -0.3 is 20.4 Å². The number of fused-ring (bicyclic) bond motifs is 4. The van der Waals surface area contributed by atoms with E-state index in [9.17, 15) is 39.6 Å². The quantitative estimate of drug-likeness (QED) is 0.408. The fourth-order valence-electron chi connectivity index (χ4n) is 9.12. The fourth-order valence-corrected chi connectivity index (χ4v) is 9.12. The van der Waals surface area contributed by atoms with E-state index in [-0.39, 0.29) is 49.1 Å². The summed E-state index contributed by atoms with van der Waals surface area (Å²) in [6.07, 6.45) is -1.78. The maximum Gasteiger partial charge on any atom is 0.306 e. The first-order valence-corrected chi connectivity index (χ1v) is 14.0. The van der Waals surface area contributed by atoms with E-state index in [0.717, 1.165) is 0 Å². The largest absolute Gasteiger partial charge is 0.481 e. The van der Waals surface area contributed by atoms with Gasteiger partial charge in [-0.15, -0.1) is 0 Å². The van der Waals surface area contributed by atoms with Gasteiger partial charge in [0.25, 0.3) is 0 Å². The normalized spacial score (nSPS) is 43.7. The van der Waals surface area contributed by atoms with E-state index in [0.29, 0.717) is 24.0 Å². The Balaban J connectivity index is 1.79. The first kappa shape index (κ1) is 29.1. The van der Waals surface area contributed by atoms with E-state index in [2.05, 4.69) is 0 Å². The Morgan fingerprint density at radius 1 is 0.947 bits per heavy atom. The first-order chi connectivity index (χ1) is 17.4. The minimum atomic E-state index is -1.47. The van der Waals surface area contributed by atoms with Crippen molar-refractivity contribution in [2.45, 2.75) is 105 Å². The average molecular weight is 533 g/mol. The molecule has 8 nitrogen and oxygen atoms in total. The number of aliphatic hydroxyl groups excluding tert-OH is 3. The van der Waals surface area contributed by atoms with Crippen molar-refractivity contribution in [3.63, 3.8) is 0 Å². The van der Waals surface area contributed by atoms with Crippen LogP contribution in [0.4, 0.5) is 0 Å². The van der Waals surface area contributed by atoms with Gasteiger partial charge in [-0.2, -0.15) is 0 Å². The number of carboxylic acid groups (broad SMARTS) is 1. The van der Waals surface area contributed by atoms with Crippen LogP contribution in [-0.2, 0) is 19.2 Å². The van der Waals surface area contributed by atoms with Crippen molar-refractivity contribution in [1.29, 1.82) is 0 Å². The molecule has 0 unspecified atom stereocenters. The van der Waals surface area contributed by atoms with Crippen LogP contribution in [0.5, 0.6) is 0 Å². The van der Waals surface area contributed by atoms with Crippen LogP contribution < -0.4 is 0 Å². The molecule has 0 saturated heterocycles. The van der Waals surface area contributed by atoms with E-state index >= 15 is 0 Å². The highest BCUT2D eigenvalue weighted by Crippen LogP contribution is 2.71. The number of aliphatic hydroxyl groups is 3. The molecule has 2 fully saturated rings. The summed E-state index contributed by atoms with van der Waals surface area (Å²) in [4.78, 5) is 52.0. The molecule has 4 rings (SSSR count). The predicted molar refractivity (Wildman–Crippen MR) is 139 cm³/mol. The van der Waals surface area contributed by atoms with Crippen LogP contribution in [0, 0.1) is 45.3 Å². The van der Waals surface area contributed by atoms with Crippen LogP contribution in [0.15, 0.2) is 11.1 Å². The lowest BCUT2D eigenvalue weighted by Crippen LogP contribution is -2.64. The summed E-state index contributed by atoms with van der Waals surface area (Å²) in [5, 5.41) is 43.3. The maximum absolute atomic E-state index is 14.1. The molecule has 0 radical (unpaired) electrons. The fraction of sp³-hybridized carbons (Fsp3) is 0.800. The number of hydrogen-bond donors (Lipinski definition) is 4. The Morgan fingerprint density at radius 3 is 2.13 bits per heavy atom. The van der Waals surface area contributed by atoms with E-state index in [1.165, 1.54) is 6.92 Å². The SMILES string of the molecule is C[C@H](CC(=O)C[C@H](C)C(=O)O)[C@H]1C[C@@H](O)[C@@]2(C)C3=C(C(=O)[C@@H](O)[C@]12C)[C@@]1(C)CC[C@@H](O)C(C)(C)[C@@H]1CC3=O. The molecule has 38 heavy (non-hydrogen) atoms. The van der Waals surface area contributed by atoms with Crippen molar-refractivity contribution in [1.82, 2.24) is 0 Å². The van der Waals surface area contributed by atoms with Gasteiger partial charge in [-0.3, -0.25) is 19.2 Å². The summed E-state index contributed by atoms with van der Waals surface area (Å²) < 4.78 is 0. The Morgan fingerprint density at radius 2 is 1.55 bits per heavy atom. The van der Waals surface area contributed by atoms with E-state index in [4.69, 9.17) is 0 Å². The molecule has 2 saturated carbocycles. The number of Topliss-reactive ketones (excluding diaryl/α,β-unsaturated/α-hetero) is 3. The number of ketones is 3. The Labute approximate surface area is 224 Å². The molecule has 0 heterocycles. The number of carbonyl (C=O) groups is 4. The van der Waals surface area contributed by atoms with Gasteiger partial charge in [-0.25, -0.2) is 0 Å². The van der Waals surface area contributed by atoms with Gasteiger partial charge in [-0.1, -0.05) is 48.5 Å². The topological polar surface area (TPSA) is 149 Å². The van der Waals surface area contributed by atoms with Crippen LogP contribution in [0.3, 0.4) is 0 Å². The summed E-state index contributed by atoms with van der Waals surface area (Å²) in [5.41, 5.74) is -3.06. The van der Waals surface area contributed by atoms with Crippen LogP contribution >= 0.6 is 0 Å². The third kappa shape index (κ3) is 3.66. The molecule has 10 atom stereocenters. The van der Waals surface area contributed by atoms with Crippen molar-refractivity contribution < 1.29 is 39.6 Å². The summed E-state index contributed by atoms with van der Waals surface area (Å²) >= 11 is 0. The molecule has 4 aliphatic carbocycles. The lowest BCUT2D eigenvalue weighted by Gasteiger charge is -2.61. The maximum atomic E-state index is 14.1. The van der Waals surface area contributed by atoms with Gasteiger partial charge in [0.15, 0.2) is 11.6 Å². The molecular weight excluding hydrogens is 488 g/mol. The smallest absolute Gasteiger partial charge is 0.306 e. The number of rotatable bonds is 6. The second-order valence-electron chi connectivity index (χ2n) is 14.0. The summed E-state index contributed by atoms with van der Waals surface area (Å²) in [6, 6.07) is 0. The lowest BCUT2D eigenvalue weighted by molar-refractivity contribution is -0.160. The molecule has 0 aromatic rings. The molecule has 8 heteroatoms. The molecule has 212 valence electrons. The number of aliphatic carboxylic acids is 1. The molecule has 4 N–H and O–H groups in total. The van der Waals surface area contributed by atoms with Crippen molar-refractivity contribution in [2.75, 3.05) is 0 Å². The predicted octanol–water partition coefficient (Wildman–Crippen LogP) is 3.10. The number of carbonyl (C=O) groups excluding carboxylic acids is 3. The summed E-state index contributed by atoms with van der Waals surface area (Å²) in [5.74, 6) is -3.84. The highest BCUT2D eigenvalue weighted by molar-refractivity contribution is 6.13. The minimum absolute atomic E-state index is 0.0628. The van der Waals surface area contributed by atoms with Crippen molar-refractivity contribution in [3.05, 3.63) is 11.1 Å². The zero-order valence-corrected chi connectivity index (χ0v) is 23.7. The Bertz CT molecular complexity index is 1110. The zero-order chi connectivity index (χ0) is 28.7. The second kappa shape index (κ2) is 9.07. The van der Waals surface area contributed by atoms with Gasteiger partial charge in [-0.05, 0) is 42.4 Å². The highest BCUT2D eigenvalue weighted by atomic mass is 16.4. The van der Waals surface area contributed by atoms with E-state index in [1.807, 2.05) is 27.7 Å². The Kier molecular flexibility index (Phi) is 6.94. The Hall–Kier alpha value is -1.90. The lowest BCUT2D eigenvalue weighted by atomic mass is 9.42. The first-order valence-electron chi connectivity index (χ1n) is 14.0. The monoisotopic (exact) mass is 532 g/mol. The van der Waals surface area contributed by atoms with Gasteiger partial charge in [0.05, 0.1) is 18.1 Å². The van der Waals surface area contributed by atoms with Gasteiger partial charge >= 0.3 is 5.97 Å². The average Bonchev–Trinajstić information content (AvgIpc) is 3.03. The molecular formula is C30H44O8. The highest BCUT2D eigenvalue weighted by Gasteiger charge is 2.73. The second-order valence-corrected chi connectivity index (χ2v) is 14.0. The third-order valence-electron chi connectivity index (χ3n) is 11.8. The van der Waals surface area contributed by atoms with Crippen LogP contribution in [0.1, 0.15) is 87.0 Å². The van der Waals surface area contributed by atoms with Crippen molar-refractivity contribution in [2.24, 2.45) is 45.3 Å². The standard InChI is InChI=1S/C30H44O8/c1-14(10-16(31)11-15(2)26(37)38)17-12-21(34)30(7)22-18(32)13-19-27(3,4)20(33)8-9-28(19,5)23(22)24(35)25(36)29(17,30)6/h14-15,17,19-21,25,33-34,36H,8-13H2,1-7H3,(H,37,38)/t14-,15+,17-,19+,20-,21-,25-,28+,29+,30+/m1/s1. The molecule has 0 aliphatic heterocycles. The zero-order valence-electron chi connectivity index (χ0n) is 23.7. The van der Waals surface area contributed by atoms with Crippen LogP contribution in [0.25, 0.3) is 0 Å². The van der Waals surface area contributed by atoms with E-state index in [1.54, 1.807) is 13.8 Å². The third-order valence-corrected chi connectivity index (χ3v) is 11.8. The minimum Gasteiger partial charge on any atom is -0.481 e. The number of hydrogen-bond acceptors (Lipinski definition) is 7. The van der Waals surface area contributed by atoms with Gasteiger partial charge in [0.1, 0.15) is 11.9 Å². The molecule has 0 aromatic carbocycles. The summed E-state index contributed by atoms with van der Waals surface area (Å²) in [7, 11) is 0. The van der Waals surface area contributed by atoms with Crippen molar-refractivity contribution in [3.8, 4) is 0 Å². The van der Waals surface area contributed by atoms with Gasteiger partial charge in [0, 0.05) is 46.7 Å². The van der Waals surface area contributed by atoms with Crippen molar-refractivity contribution >= 4 is 23.3 Å². The molecule has 0 amide bonds. The van der Waals surface area contributed by atoms with Crippen LogP contribution in [0.2, 0.25) is 0 Å². The molecule has 0 bridgehead atoms. The molecule has 0 spiro atoms. The molecule has 4 aliphatic rings.